The third kappa shape index (κ3) is 2.87. The monoisotopic (exact) mass is 382 g/mol. The van der Waals surface area contributed by atoms with Gasteiger partial charge in [-0.15, -0.1) is 0 Å². The molecule has 0 spiro atoms. The van der Waals surface area contributed by atoms with E-state index in [1.165, 1.54) is 40.6 Å². The fourth-order valence-electron chi connectivity index (χ4n) is 4.90. The first-order valence-electron chi connectivity index (χ1n) is 9.97. The summed E-state index contributed by atoms with van der Waals surface area (Å²) in [4.78, 5) is 0. The molecule has 0 fully saturated rings. The van der Waals surface area contributed by atoms with Gasteiger partial charge in [-0.1, -0.05) is 0 Å². The zero-order chi connectivity index (χ0) is 19.2. The number of allylic oxidation sites excluding steroid dienone is 8. The number of hydrogen-bond acceptors (Lipinski definition) is 0. The van der Waals surface area contributed by atoms with Gasteiger partial charge in [0.05, 0.1) is 0 Å². The first kappa shape index (κ1) is 20.8. The van der Waals surface area contributed by atoms with Crippen molar-refractivity contribution in [3.05, 3.63) is 44.6 Å². The van der Waals surface area contributed by atoms with Crippen LogP contribution < -0.4 is 0 Å². The van der Waals surface area contributed by atoms with Crippen molar-refractivity contribution in [1.29, 1.82) is 0 Å². The van der Waals surface area contributed by atoms with E-state index in [2.05, 4.69) is 69.2 Å². The molecule has 0 atom stereocenters. The van der Waals surface area contributed by atoms with Crippen LogP contribution in [0.5, 0.6) is 0 Å². The molecule has 2 rings (SSSR count). The standard InChI is InChI=1S/2C12H19.Fe/c2*1-6-7-12-10(4)8(2)9(3)11(12)5;/h2*6-7H2,1-5H3;. The summed E-state index contributed by atoms with van der Waals surface area (Å²) in [7, 11) is 0. The van der Waals surface area contributed by atoms with Crippen LogP contribution in [-0.2, 0) is 15.0 Å². The van der Waals surface area contributed by atoms with Gasteiger partial charge in [-0.25, -0.2) is 0 Å². The predicted octanol–water partition coefficient (Wildman–Crippen LogP) is 8.36. The van der Waals surface area contributed by atoms with Crippen LogP contribution in [0.15, 0.2) is 44.6 Å². The molecule has 0 heterocycles. The van der Waals surface area contributed by atoms with Crippen LogP contribution in [0, 0.1) is 0 Å². The van der Waals surface area contributed by atoms with Gasteiger partial charge in [-0.3, -0.25) is 0 Å². The molecule has 0 aromatic rings. The molecule has 0 nitrogen and oxygen atoms in total. The van der Waals surface area contributed by atoms with Crippen molar-refractivity contribution in [2.24, 2.45) is 0 Å². The molecular weight excluding hydrogens is 344 g/mol. The molecule has 0 radical (unpaired) electrons. The summed E-state index contributed by atoms with van der Waals surface area (Å²) in [5, 5.41) is 0. The minimum absolute atomic E-state index is 0.255. The summed E-state index contributed by atoms with van der Waals surface area (Å²) < 4.78 is 0.511. The number of rotatable bonds is 6. The predicted molar refractivity (Wildman–Crippen MR) is 109 cm³/mol. The Kier molecular flexibility index (Phi) is 6.02. The van der Waals surface area contributed by atoms with E-state index in [1.54, 1.807) is 44.6 Å². The molecular formula is C24H38Fe. The number of hydrogen-bond donors (Lipinski definition) is 0. The van der Waals surface area contributed by atoms with Gasteiger partial charge >= 0.3 is 163 Å². The second kappa shape index (κ2) is 7.24. The van der Waals surface area contributed by atoms with Crippen LogP contribution in [0.1, 0.15) is 94.9 Å². The zero-order valence-electron chi connectivity index (χ0n) is 18.2. The molecule has 2 aliphatic rings. The fraction of sp³-hybridized carbons (Fsp3) is 0.667. The van der Waals surface area contributed by atoms with Gasteiger partial charge in [0.15, 0.2) is 0 Å². The molecule has 0 aliphatic heterocycles. The Morgan fingerprint density at radius 1 is 0.520 bits per heavy atom. The van der Waals surface area contributed by atoms with Crippen molar-refractivity contribution < 1.29 is 15.0 Å². The molecule has 25 heavy (non-hydrogen) atoms. The fourth-order valence-corrected chi connectivity index (χ4v) is 8.18. The molecule has 0 unspecified atom stereocenters. The van der Waals surface area contributed by atoms with Gasteiger partial charge in [0.25, 0.3) is 0 Å². The third-order valence-corrected chi connectivity index (χ3v) is 10.3. The van der Waals surface area contributed by atoms with E-state index in [0.717, 1.165) is 0 Å². The average molecular weight is 382 g/mol. The molecule has 0 saturated heterocycles. The third-order valence-electron chi connectivity index (χ3n) is 7.19. The molecule has 0 bridgehead atoms. The summed E-state index contributed by atoms with van der Waals surface area (Å²) in [5.41, 5.74) is 12.8. The maximum absolute atomic E-state index is 2.41. The summed E-state index contributed by atoms with van der Waals surface area (Å²) >= 11 is 1.26. The van der Waals surface area contributed by atoms with Gasteiger partial charge < -0.3 is 0 Å². The van der Waals surface area contributed by atoms with E-state index in [4.69, 9.17) is 0 Å². The SMILES string of the molecule is CCC[C]1([Fe][C]2(CCC)C(C)=C(C)C(C)=C2C)C(C)=C(C)C(C)=C1C. The normalized spacial score (nSPS) is 23.0. The van der Waals surface area contributed by atoms with E-state index in [9.17, 15) is 0 Å². The first-order chi connectivity index (χ1) is 11.6. The van der Waals surface area contributed by atoms with Crippen LogP contribution in [0.3, 0.4) is 0 Å². The molecule has 0 amide bonds. The van der Waals surface area contributed by atoms with E-state index in [1.807, 2.05) is 0 Å². The summed E-state index contributed by atoms with van der Waals surface area (Å²) in [6.07, 6.45) is 5.06. The molecule has 0 aromatic heterocycles. The molecule has 1 heteroatoms. The van der Waals surface area contributed by atoms with E-state index >= 15 is 0 Å². The van der Waals surface area contributed by atoms with Crippen molar-refractivity contribution in [3.63, 3.8) is 0 Å². The van der Waals surface area contributed by atoms with E-state index in [0.29, 0.717) is 0 Å². The summed E-state index contributed by atoms with van der Waals surface area (Å²) in [6, 6.07) is 0. The van der Waals surface area contributed by atoms with Crippen LogP contribution >= 0.6 is 0 Å². The Labute approximate surface area is 163 Å². The Balaban J connectivity index is 2.67. The van der Waals surface area contributed by atoms with Crippen molar-refractivity contribution in [1.82, 2.24) is 0 Å². The van der Waals surface area contributed by atoms with Crippen LogP contribution in [0.25, 0.3) is 0 Å². The first-order valence-corrected chi connectivity index (χ1v) is 11.1. The van der Waals surface area contributed by atoms with Crippen LogP contribution in [0.2, 0.25) is 8.63 Å². The Bertz CT molecular complexity index is 586. The quantitative estimate of drug-likeness (QED) is 0.405. The molecule has 0 aromatic carbocycles. The van der Waals surface area contributed by atoms with Gasteiger partial charge in [0, 0.05) is 0 Å². The van der Waals surface area contributed by atoms with Gasteiger partial charge in [0.1, 0.15) is 0 Å². The van der Waals surface area contributed by atoms with E-state index < -0.39 is 0 Å². The van der Waals surface area contributed by atoms with Crippen LogP contribution in [-0.4, -0.2) is 0 Å². The van der Waals surface area contributed by atoms with Crippen molar-refractivity contribution in [3.8, 4) is 0 Å². The van der Waals surface area contributed by atoms with Crippen molar-refractivity contribution in [2.45, 2.75) is 104 Å². The van der Waals surface area contributed by atoms with Gasteiger partial charge in [-0.05, 0) is 0 Å². The zero-order valence-corrected chi connectivity index (χ0v) is 19.3. The Morgan fingerprint density at radius 2 is 0.760 bits per heavy atom. The molecule has 0 saturated carbocycles. The van der Waals surface area contributed by atoms with Gasteiger partial charge in [-0.2, -0.15) is 0 Å². The topological polar surface area (TPSA) is 0 Å². The molecule has 0 N–H and O–H groups in total. The minimum atomic E-state index is 0.255. The molecule has 2 aliphatic carbocycles. The second-order valence-electron chi connectivity index (χ2n) is 8.15. The summed E-state index contributed by atoms with van der Waals surface area (Å²) in [5.74, 6) is 0. The second-order valence-corrected chi connectivity index (χ2v) is 10.3. The van der Waals surface area contributed by atoms with Gasteiger partial charge in [0.2, 0.25) is 0 Å². The van der Waals surface area contributed by atoms with Crippen LogP contribution in [0.4, 0.5) is 0 Å². The Morgan fingerprint density at radius 3 is 0.960 bits per heavy atom. The van der Waals surface area contributed by atoms with Crippen molar-refractivity contribution >= 4 is 0 Å². The average Bonchev–Trinajstić information content (AvgIpc) is 2.84. The summed E-state index contributed by atoms with van der Waals surface area (Å²) in [6.45, 7) is 23.7. The Hall–Kier alpha value is -0.521. The maximum atomic E-state index is 2.41. The van der Waals surface area contributed by atoms with Crippen molar-refractivity contribution in [2.75, 3.05) is 0 Å². The molecule has 142 valence electrons. The van der Waals surface area contributed by atoms with E-state index in [-0.39, 0.29) is 8.63 Å².